The molecule has 0 aromatic heterocycles. The zero-order chi connectivity index (χ0) is 44.6. The van der Waals surface area contributed by atoms with Gasteiger partial charge in [0.2, 0.25) is 0 Å². The summed E-state index contributed by atoms with van der Waals surface area (Å²) < 4.78 is 24.9. The topological polar surface area (TPSA) is 236 Å². The summed E-state index contributed by atoms with van der Waals surface area (Å²) in [5, 5.41) is 56.5. The molecule has 0 saturated heterocycles. The van der Waals surface area contributed by atoms with E-state index in [1.807, 2.05) is 31.2 Å². The second-order valence-corrected chi connectivity index (χ2v) is 12.9. The molecule has 0 aliphatic carbocycles. The molecule has 322 valence electrons. The van der Waals surface area contributed by atoms with Gasteiger partial charge in [0.25, 0.3) is 0 Å². The number of rotatable bonds is 19. The fraction of sp³-hybridized carbons (Fsp3) is 0.217. The highest BCUT2D eigenvalue weighted by Crippen LogP contribution is 2.21. The first kappa shape index (κ1) is 48.3. The average Bonchev–Trinajstić information content (AvgIpc) is 3.27. The molecule has 0 fully saturated rings. The molecule has 2 unspecified atom stereocenters. The molecule has 0 aliphatic rings. The first-order valence-electron chi connectivity index (χ1n) is 18.6. The Morgan fingerprint density at radius 1 is 0.557 bits per heavy atom. The third-order valence-electron chi connectivity index (χ3n) is 8.13. The van der Waals surface area contributed by atoms with Crippen molar-refractivity contribution >= 4 is 48.2 Å². The summed E-state index contributed by atoms with van der Waals surface area (Å²) in [7, 11) is 1.56. The Kier molecular flexibility index (Phi) is 20.7. The summed E-state index contributed by atoms with van der Waals surface area (Å²) in [6, 6.07) is 23.7. The van der Waals surface area contributed by atoms with E-state index in [9.17, 15) is 39.6 Å². The van der Waals surface area contributed by atoms with Crippen molar-refractivity contribution in [3.63, 3.8) is 0 Å². The van der Waals surface area contributed by atoms with E-state index >= 15 is 0 Å². The zero-order valence-electron chi connectivity index (χ0n) is 33.5. The minimum atomic E-state index is -1.18. The molecular formula is C46H48O15. The minimum absolute atomic E-state index is 0.0843. The van der Waals surface area contributed by atoms with Crippen molar-refractivity contribution in [2.24, 2.45) is 0 Å². The normalized spacial score (nSPS) is 12.2. The van der Waals surface area contributed by atoms with Crippen LogP contribution in [0.4, 0.5) is 0 Å². The number of hydrogen-bond acceptors (Lipinski definition) is 15. The number of carbonyl (C=O) groups is 4. The quantitative estimate of drug-likeness (QED) is 0.0435. The van der Waals surface area contributed by atoms with E-state index < -0.39 is 42.7 Å². The maximum Gasteiger partial charge on any atom is 0.331 e. The maximum absolute atomic E-state index is 11.9. The first-order valence-corrected chi connectivity index (χ1v) is 18.6. The summed E-state index contributed by atoms with van der Waals surface area (Å²) in [5.41, 5.74) is 4.52. The van der Waals surface area contributed by atoms with Crippen molar-refractivity contribution in [1.82, 2.24) is 0 Å². The second-order valence-electron chi connectivity index (χ2n) is 12.9. The molecule has 0 saturated carbocycles. The molecule has 61 heavy (non-hydrogen) atoms. The van der Waals surface area contributed by atoms with Crippen LogP contribution in [0.3, 0.4) is 0 Å². The molecule has 0 radical (unpaired) electrons. The lowest BCUT2D eigenvalue weighted by Gasteiger charge is -2.13. The lowest BCUT2D eigenvalue weighted by Crippen LogP contribution is -2.27. The summed E-state index contributed by atoms with van der Waals surface area (Å²) in [5.74, 6) is -2.20. The number of ether oxygens (including phenoxy) is 5. The smallest absolute Gasteiger partial charge is 0.331 e. The Bertz CT molecular complexity index is 2150. The Morgan fingerprint density at radius 3 is 1.36 bits per heavy atom. The van der Waals surface area contributed by atoms with Gasteiger partial charge in [0.05, 0.1) is 26.9 Å². The van der Waals surface area contributed by atoms with Crippen LogP contribution in [0.2, 0.25) is 0 Å². The van der Waals surface area contributed by atoms with Crippen LogP contribution in [-0.4, -0.2) is 100 Å². The fourth-order valence-electron chi connectivity index (χ4n) is 4.74. The molecule has 6 N–H and O–H groups in total. The van der Waals surface area contributed by atoms with Crippen molar-refractivity contribution in [3.8, 4) is 17.2 Å². The van der Waals surface area contributed by atoms with Crippen molar-refractivity contribution < 1.29 is 73.5 Å². The molecule has 0 bridgehead atoms. The van der Waals surface area contributed by atoms with Gasteiger partial charge in [0.15, 0.2) is 6.10 Å². The molecular weight excluding hydrogens is 792 g/mol. The van der Waals surface area contributed by atoms with Crippen LogP contribution in [0, 0.1) is 6.92 Å². The van der Waals surface area contributed by atoms with Crippen LogP contribution >= 0.6 is 0 Å². The summed E-state index contributed by atoms with van der Waals surface area (Å²) in [4.78, 5) is 47.1. The number of aliphatic hydroxyl groups is 4. The minimum Gasteiger partial charge on any atom is -0.508 e. The summed E-state index contributed by atoms with van der Waals surface area (Å²) in [6.07, 6.45) is 8.54. The molecule has 15 nitrogen and oxygen atoms in total. The third kappa shape index (κ3) is 18.6. The standard InChI is InChI=1S/C23H24O8.C23H24O7/c1-29-20-8-3-16(4-9-20)5-10-22(27)30-14-19(25)15-31-23(28)11-6-17-2-7-18(13-24)21(26)12-17;1-16-2-4-17(5-3-16)7-11-23(28)30-20(14-25)15-29-22(27)10-8-18-6-9-19(13-24)21(26)12-18/h2-12,19,24-26H,13-15H2,1H3;2-12,20,24-26H,13-15H2,1H3/b10-5+,11-6+;10-8+,11-7+. The van der Waals surface area contributed by atoms with Gasteiger partial charge in [-0.05, 0) is 77.7 Å². The van der Waals surface area contributed by atoms with Crippen LogP contribution < -0.4 is 4.74 Å². The SMILES string of the molecule is COc1ccc(/C=C/C(=O)OCC(O)COC(=O)/C=C/c2ccc(CO)c(O)c2)cc1.Cc1ccc(/C=C/C(=O)OC(CO)COC(=O)/C=C/c2ccc(CO)c(O)c2)cc1. The third-order valence-corrected chi connectivity index (χ3v) is 8.13. The predicted molar refractivity (Wildman–Crippen MR) is 224 cm³/mol. The van der Waals surface area contributed by atoms with E-state index in [-0.39, 0.29) is 44.5 Å². The highest BCUT2D eigenvalue weighted by molar-refractivity contribution is 5.89. The summed E-state index contributed by atoms with van der Waals surface area (Å²) >= 11 is 0. The molecule has 0 aliphatic heterocycles. The number of carbonyl (C=O) groups excluding carboxylic acids is 4. The van der Waals surface area contributed by atoms with Gasteiger partial charge in [-0.15, -0.1) is 0 Å². The van der Waals surface area contributed by atoms with Gasteiger partial charge in [0.1, 0.15) is 43.2 Å². The molecule has 15 heteroatoms. The predicted octanol–water partition coefficient (Wildman–Crippen LogP) is 4.43. The van der Waals surface area contributed by atoms with Crippen molar-refractivity contribution in [2.75, 3.05) is 33.5 Å². The van der Waals surface area contributed by atoms with Crippen LogP contribution in [0.15, 0.2) is 109 Å². The van der Waals surface area contributed by atoms with Crippen molar-refractivity contribution in [2.45, 2.75) is 32.3 Å². The van der Waals surface area contributed by atoms with Gasteiger partial charge in [-0.1, -0.05) is 66.2 Å². The Labute approximate surface area is 352 Å². The Hall–Kier alpha value is -7.04. The highest BCUT2D eigenvalue weighted by Gasteiger charge is 2.14. The van der Waals surface area contributed by atoms with E-state index in [2.05, 4.69) is 0 Å². The van der Waals surface area contributed by atoms with E-state index in [0.717, 1.165) is 28.8 Å². The zero-order valence-corrected chi connectivity index (χ0v) is 33.5. The number of methoxy groups -OCH3 is 1. The van der Waals surface area contributed by atoms with Gasteiger partial charge < -0.3 is 54.3 Å². The fourth-order valence-corrected chi connectivity index (χ4v) is 4.74. The molecule has 4 aromatic rings. The number of benzene rings is 4. The van der Waals surface area contributed by atoms with Gasteiger partial charge in [-0.3, -0.25) is 0 Å². The number of hydrogen-bond donors (Lipinski definition) is 6. The lowest BCUT2D eigenvalue weighted by atomic mass is 10.1. The Morgan fingerprint density at radius 2 is 0.951 bits per heavy atom. The average molecular weight is 841 g/mol. The van der Waals surface area contributed by atoms with Gasteiger partial charge in [-0.2, -0.15) is 0 Å². The van der Waals surface area contributed by atoms with E-state index in [4.69, 9.17) is 33.9 Å². The van der Waals surface area contributed by atoms with Crippen LogP contribution in [-0.2, 0) is 51.3 Å². The number of esters is 4. The van der Waals surface area contributed by atoms with Crippen LogP contribution in [0.1, 0.15) is 38.9 Å². The molecule has 0 heterocycles. The molecule has 0 spiro atoms. The van der Waals surface area contributed by atoms with Gasteiger partial charge in [-0.25, -0.2) is 19.2 Å². The van der Waals surface area contributed by atoms with Crippen molar-refractivity contribution in [1.29, 1.82) is 0 Å². The molecule has 2 atom stereocenters. The molecule has 0 amide bonds. The molecule has 4 aromatic carbocycles. The number of aryl methyl sites for hydroxylation is 1. The largest absolute Gasteiger partial charge is 0.508 e. The van der Waals surface area contributed by atoms with Crippen molar-refractivity contribution in [3.05, 3.63) is 148 Å². The van der Waals surface area contributed by atoms with E-state index in [1.54, 1.807) is 55.7 Å². The van der Waals surface area contributed by atoms with Gasteiger partial charge >= 0.3 is 23.9 Å². The first-order chi connectivity index (χ1) is 29.3. The van der Waals surface area contributed by atoms with Crippen LogP contribution in [0.25, 0.3) is 24.3 Å². The summed E-state index contributed by atoms with van der Waals surface area (Å²) in [6.45, 7) is -0.124. The van der Waals surface area contributed by atoms with Crippen LogP contribution in [0.5, 0.6) is 17.2 Å². The monoisotopic (exact) mass is 840 g/mol. The van der Waals surface area contributed by atoms with Gasteiger partial charge in [0, 0.05) is 35.4 Å². The highest BCUT2D eigenvalue weighted by atomic mass is 16.6. The maximum atomic E-state index is 11.9. The second kappa shape index (κ2) is 26.1. The van der Waals surface area contributed by atoms with E-state index in [1.165, 1.54) is 48.6 Å². The number of phenols is 2. The number of aromatic hydroxyl groups is 2. The lowest BCUT2D eigenvalue weighted by molar-refractivity contribution is -0.154. The van der Waals surface area contributed by atoms with E-state index in [0.29, 0.717) is 28.0 Å². The molecule has 4 rings (SSSR count). The Balaban J connectivity index is 0.000000325. The number of aliphatic hydroxyl groups excluding tert-OH is 4.